The second-order valence-electron chi connectivity index (χ2n) is 5.50. The van der Waals surface area contributed by atoms with Crippen LogP contribution in [0.4, 0.5) is 0 Å². The average molecular weight is 309 g/mol. The first-order chi connectivity index (χ1) is 10.2. The molecule has 1 N–H and O–H groups in total. The van der Waals surface area contributed by atoms with Crippen LogP contribution in [0, 0.1) is 6.92 Å². The van der Waals surface area contributed by atoms with Crippen molar-refractivity contribution in [1.82, 2.24) is 10.2 Å². The highest BCUT2D eigenvalue weighted by molar-refractivity contribution is 5.35. The number of nitrogens with zero attached hydrogens (tertiary/aromatic N) is 1. The van der Waals surface area contributed by atoms with Gasteiger partial charge in [-0.2, -0.15) is 0 Å². The van der Waals surface area contributed by atoms with Crippen molar-refractivity contribution in [3.8, 4) is 5.75 Å². The zero-order valence-corrected chi connectivity index (χ0v) is 14.4. The zero-order chi connectivity index (χ0) is 15.7. The van der Waals surface area contributed by atoms with Crippen LogP contribution in [0.15, 0.2) is 18.2 Å². The molecule has 3 nitrogen and oxygen atoms in total. The molecule has 0 amide bonds. The van der Waals surface area contributed by atoms with E-state index < -0.39 is 0 Å². The standard InChI is InChI=1S/C16H26N2O.C2H6.CH4/c1-13-4-5-16(19-3)12-14(13)8-11-18(2)15-6-9-17-10-7-15;1-2;/h4-5,12,15,17H,6-11H2,1-3H3;1-2H3;1H4. The number of nitrogens with one attached hydrogen (secondary N) is 1. The summed E-state index contributed by atoms with van der Waals surface area (Å²) in [4.78, 5) is 2.51. The Balaban J connectivity index is 0.00000141. The van der Waals surface area contributed by atoms with Gasteiger partial charge in [-0.1, -0.05) is 27.3 Å². The third-order valence-corrected chi connectivity index (χ3v) is 4.22. The fourth-order valence-electron chi connectivity index (χ4n) is 2.77. The first-order valence-electron chi connectivity index (χ1n) is 8.25. The lowest BCUT2D eigenvalue weighted by Crippen LogP contribution is -2.41. The summed E-state index contributed by atoms with van der Waals surface area (Å²) >= 11 is 0. The summed E-state index contributed by atoms with van der Waals surface area (Å²) in [6, 6.07) is 7.10. The van der Waals surface area contributed by atoms with Crippen molar-refractivity contribution in [3.63, 3.8) is 0 Å². The minimum atomic E-state index is 0. The van der Waals surface area contributed by atoms with Crippen molar-refractivity contribution in [3.05, 3.63) is 29.3 Å². The van der Waals surface area contributed by atoms with Crippen LogP contribution in [0.1, 0.15) is 45.2 Å². The zero-order valence-electron chi connectivity index (χ0n) is 14.4. The largest absolute Gasteiger partial charge is 0.497 e. The molecule has 128 valence electrons. The maximum atomic E-state index is 5.31. The maximum Gasteiger partial charge on any atom is 0.119 e. The van der Waals surface area contributed by atoms with Crippen molar-refractivity contribution >= 4 is 0 Å². The van der Waals surface area contributed by atoms with E-state index >= 15 is 0 Å². The predicted octanol–water partition coefficient (Wildman–Crippen LogP) is 3.89. The molecule has 0 bridgehead atoms. The summed E-state index contributed by atoms with van der Waals surface area (Å²) in [7, 11) is 3.99. The van der Waals surface area contributed by atoms with Gasteiger partial charge in [0, 0.05) is 12.6 Å². The fourth-order valence-corrected chi connectivity index (χ4v) is 2.77. The Labute approximate surface area is 138 Å². The SMILES string of the molecule is C.CC.COc1ccc(C)c(CCN(C)C2CCNCC2)c1. The van der Waals surface area contributed by atoms with Gasteiger partial charge in [-0.05, 0) is 69.6 Å². The van der Waals surface area contributed by atoms with Gasteiger partial charge in [-0.25, -0.2) is 0 Å². The molecular weight excluding hydrogens is 272 g/mol. The number of hydrogen-bond acceptors (Lipinski definition) is 3. The molecule has 0 aliphatic carbocycles. The van der Waals surface area contributed by atoms with Crippen LogP contribution in [0.25, 0.3) is 0 Å². The van der Waals surface area contributed by atoms with Crippen molar-refractivity contribution in [2.45, 2.75) is 53.5 Å². The quantitative estimate of drug-likeness (QED) is 0.893. The number of methoxy groups -OCH3 is 1. The number of piperidine rings is 1. The molecule has 22 heavy (non-hydrogen) atoms. The lowest BCUT2D eigenvalue weighted by atomic mass is 10.0. The topological polar surface area (TPSA) is 24.5 Å². The minimum absolute atomic E-state index is 0. The van der Waals surface area contributed by atoms with Crippen molar-refractivity contribution in [1.29, 1.82) is 0 Å². The summed E-state index contributed by atoms with van der Waals surface area (Å²) in [5.41, 5.74) is 2.76. The van der Waals surface area contributed by atoms with Crippen LogP contribution in [0.3, 0.4) is 0 Å². The molecule has 0 atom stereocenters. The van der Waals surface area contributed by atoms with Crippen LogP contribution in [-0.4, -0.2) is 44.7 Å². The van der Waals surface area contributed by atoms with E-state index in [0.717, 1.165) is 37.8 Å². The van der Waals surface area contributed by atoms with Crippen molar-refractivity contribution in [2.24, 2.45) is 0 Å². The highest BCUT2D eigenvalue weighted by Crippen LogP contribution is 2.18. The molecule has 0 unspecified atom stereocenters. The van der Waals surface area contributed by atoms with Gasteiger partial charge in [0.25, 0.3) is 0 Å². The van der Waals surface area contributed by atoms with Gasteiger partial charge >= 0.3 is 0 Å². The summed E-state index contributed by atoms with van der Waals surface area (Å²) < 4.78 is 5.31. The summed E-state index contributed by atoms with van der Waals surface area (Å²) in [5, 5.41) is 3.42. The molecule has 1 aliphatic rings. The first kappa shape index (κ1) is 20.9. The summed E-state index contributed by atoms with van der Waals surface area (Å²) in [6.45, 7) is 9.62. The van der Waals surface area contributed by atoms with Crippen LogP contribution >= 0.6 is 0 Å². The molecule has 0 saturated carbocycles. The smallest absolute Gasteiger partial charge is 0.119 e. The van der Waals surface area contributed by atoms with Gasteiger partial charge < -0.3 is 15.0 Å². The van der Waals surface area contributed by atoms with Gasteiger partial charge in [0.15, 0.2) is 0 Å². The Morgan fingerprint density at radius 2 is 1.86 bits per heavy atom. The highest BCUT2D eigenvalue weighted by Gasteiger charge is 2.17. The third kappa shape index (κ3) is 6.37. The van der Waals surface area contributed by atoms with Crippen LogP contribution in [0.5, 0.6) is 5.75 Å². The Bertz CT molecular complexity index is 400. The second kappa shape index (κ2) is 11.5. The lowest BCUT2D eigenvalue weighted by molar-refractivity contribution is 0.201. The molecule has 1 saturated heterocycles. The van der Waals surface area contributed by atoms with Gasteiger partial charge in [0.1, 0.15) is 5.75 Å². The normalized spacial score (nSPS) is 14.8. The Morgan fingerprint density at radius 1 is 1.23 bits per heavy atom. The van der Waals surface area contributed by atoms with Crippen LogP contribution in [0.2, 0.25) is 0 Å². The molecule has 1 heterocycles. The van der Waals surface area contributed by atoms with E-state index in [2.05, 4.69) is 36.3 Å². The molecule has 0 radical (unpaired) electrons. The Kier molecular flexibility index (Phi) is 10.9. The maximum absolute atomic E-state index is 5.31. The van der Waals surface area contributed by atoms with E-state index in [-0.39, 0.29) is 7.43 Å². The average Bonchev–Trinajstić information content (AvgIpc) is 2.56. The lowest BCUT2D eigenvalue weighted by Gasteiger charge is -2.31. The Hall–Kier alpha value is -1.06. The molecule has 0 aromatic heterocycles. The van der Waals surface area contributed by atoms with E-state index in [1.165, 1.54) is 24.0 Å². The van der Waals surface area contributed by atoms with Gasteiger partial charge in [0.05, 0.1) is 7.11 Å². The molecule has 2 rings (SSSR count). The van der Waals surface area contributed by atoms with Gasteiger partial charge in [-0.3, -0.25) is 0 Å². The first-order valence-corrected chi connectivity index (χ1v) is 8.25. The predicted molar refractivity (Wildman–Crippen MR) is 98.0 cm³/mol. The number of ether oxygens (including phenoxy) is 1. The third-order valence-electron chi connectivity index (χ3n) is 4.22. The summed E-state index contributed by atoms with van der Waals surface area (Å²) in [6.07, 6.45) is 3.64. The van der Waals surface area contributed by atoms with Crippen LogP contribution in [-0.2, 0) is 6.42 Å². The molecule has 1 aromatic rings. The molecule has 1 aromatic carbocycles. The number of likely N-dealkylation sites (N-methyl/N-ethyl adjacent to an activating group) is 1. The number of rotatable bonds is 5. The second-order valence-corrected chi connectivity index (χ2v) is 5.50. The molecule has 1 fully saturated rings. The minimum Gasteiger partial charge on any atom is -0.497 e. The van der Waals surface area contributed by atoms with E-state index in [9.17, 15) is 0 Å². The fraction of sp³-hybridized carbons (Fsp3) is 0.684. The van der Waals surface area contributed by atoms with E-state index in [4.69, 9.17) is 4.74 Å². The molecule has 1 aliphatic heterocycles. The highest BCUT2D eigenvalue weighted by atomic mass is 16.5. The number of benzene rings is 1. The number of aryl methyl sites for hydroxylation is 1. The van der Waals surface area contributed by atoms with E-state index in [1.807, 2.05) is 19.9 Å². The Morgan fingerprint density at radius 3 is 2.45 bits per heavy atom. The molecule has 3 heteroatoms. The van der Waals surface area contributed by atoms with Gasteiger partial charge in [-0.15, -0.1) is 0 Å². The van der Waals surface area contributed by atoms with E-state index in [1.54, 1.807) is 7.11 Å². The monoisotopic (exact) mass is 308 g/mol. The number of hydrogen-bond donors (Lipinski definition) is 1. The van der Waals surface area contributed by atoms with E-state index in [0.29, 0.717) is 0 Å². The van der Waals surface area contributed by atoms with Gasteiger partial charge in [0.2, 0.25) is 0 Å². The molecule has 0 spiro atoms. The molecular formula is C19H36N2O. The van der Waals surface area contributed by atoms with Crippen molar-refractivity contribution < 1.29 is 4.74 Å². The van der Waals surface area contributed by atoms with Crippen molar-refractivity contribution in [2.75, 3.05) is 33.8 Å². The summed E-state index contributed by atoms with van der Waals surface area (Å²) in [5.74, 6) is 0.963. The van der Waals surface area contributed by atoms with Crippen LogP contribution < -0.4 is 10.1 Å².